The minimum atomic E-state index is -0.593. The van der Waals surface area contributed by atoms with Crippen molar-refractivity contribution in [2.24, 2.45) is 5.73 Å². The van der Waals surface area contributed by atoms with Gasteiger partial charge < -0.3 is 10.5 Å². The maximum absolute atomic E-state index is 11.2. The molecule has 2 N–H and O–H groups in total. The molecular formula is C12H14N2O2. The third-order valence-electron chi connectivity index (χ3n) is 2.07. The van der Waals surface area contributed by atoms with Crippen molar-refractivity contribution in [3.05, 3.63) is 35.9 Å². The zero-order chi connectivity index (χ0) is 11.8. The highest BCUT2D eigenvalue weighted by molar-refractivity contribution is 5.69. The largest absolute Gasteiger partial charge is 0.461 e. The molecule has 1 unspecified atom stereocenters. The van der Waals surface area contributed by atoms with Crippen molar-refractivity contribution in [1.29, 1.82) is 5.26 Å². The van der Waals surface area contributed by atoms with Crippen LogP contribution >= 0.6 is 0 Å². The molecule has 1 aromatic carbocycles. The van der Waals surface area contributed by atoms with E-state index < -0.39 is 6.04 Å². The van der Waals surface area contributed by atoms with E-state index in [1.807, 2.05) is 36.4 Å². The van der Waals surface area contributed by atoms with Crippen LogP contribution in [0.1, 0.15) is 18.4 Å². The van der Waals surface area contributed by atoms with Gasteiger partial charge in [0.05, 0.1) is 12.1 Å². The summed E-state index contributed by atoms with van der Waals surface area (Å²) in [5.74, 6) is -0.324. The molecule has 0 aliphatic heterocycles. The Morgan fingerprint density at radius 2 is 2.12 bits per heavy atom. The molecular weight excluding hydrogens is 204 g/mol. The second-order valence-electron chi connectivity index (χ2n) is 3.42. The van der Waals surface area contributed by atoms with Crippen molar-refractivity contribution in [2.45, 2.75) is 25.5 Å². The monoisotopic (exact) mass is 218 g/mol. The Hall–Kier alpha value is -1.86. The van der Waals surface area contributed by atoms with Gasteiger partial charge in [-0.2, -0.15) is 5.26 Å². The molecule has 1 rings (SSSR count). The highest BCUT2D eigenvalue weighted by atomic mass is 16.5. The number of ether oxygens (including phenoxy) is 1. The number of nitrogens with two attached hydrogens (primary N) is 1. The topological polar surface area (TPSA) is 76.1 Å². The second kappa shape index (κ2) is 6.59. The summed E-state index contributed by atoms with van der Waals surface area (Å²) in [5.41, 5.74) is 6.30. The van der Waals surface area contributed by atoms with E-state index in [-0.39, 0.29) is 19.0 Å². The van der Waals surface area contributed by atoms with Crippen LogP contribution in [0.4, 0.5) is 0 Å². The van der Waals surface area contributed by atoms with Gasteiger partial charge in [-0.05, 0) is 12.0 Å². The van der Waals surface area contributed by atoms with Crippen LogP contribution in [0.25, 0.3) is 0 Å². The first-order valence-corrected chi connectivity index (χ1v) is 5.07. The molecule has 0 heterocycles. The Bertz CT molecular complexity index is 370. The normalized spacial score (nSPS) is 11.5. The van der Waals surface area contributed by atoms with Crippen LogP contribution in [0.5, 0.6) is 0 Å². The van der Waals surface area contributed by atoms with Gasteiger partial charge in [0.15, 0.2) is 0 Å². The van der Waals surface area contributed by atoms with Gasteiger partial charge >= 0.3 is 5.97 Å². The molecule has 0 saturated heterocycles. The zero-order valence-electron chi connectivity index (χ0n) is 8.93. The smallest absolute Gasteiger partial charge is 0.306 e. The fourth-order valence-electron chi connectivity index (χ4n) is 1.15. The summed E-state index contributed by atoms with van der Waals surface area (Å²) in [5, 5.41) is 8.43. The average Bonchev–Trinajstić information content (AvgIpc) is 2.34. The van der Waals surface area contributed by atoms with Gasteiger partial charge in [-0.3, -0.25) is 4.79 Å². The predicted octanol–water partition coefficient (Wildman–Crippen LogP) is 1.36. The number of carbonyl (C=O) groups excluding carboxylic acids is 1. The Balaban J connectivity index is 2.24. The molecule has 0 amide bonds. The summed E-state index contributed by atoms with van der Waals surface area (Å²) in [6.45, 7) is 0.265. The highest BCUT2D eigenvalue weighted by Gasteiger charge is 2.07. The fraction of sp³-hybridized carbons (Fsp3) is 0.333. The van der Waals surface area contributed by atoms with Crippen LogP contribution < -0.4 is 5.73 Å². The predicted molar refractivity (Wildman–Crippen MR) is 59.1 cm³/mol. The first-order chi connectivity index (χ1) is 7.72. The minimum absolute atomic E-state index is 0.182. The van der Waals surface area contributed by atoms with Gasteiger partial charge in [0.1, 0.15) is 6.61 Å². The summed E-state index contributed by atoms with van der Waals surface area (Å²) in [6.07, 6.45) is 0.520. The molecule has 1 atom stereocenters. The molecule has 0 aromatic heterocycles. The van der Waals surface area contributed by atoms with Gasteiger partial charge in [-0.1, -0.05) is 30.3 Å². The van der Waals surface area contributed by atoms with Gasteiger partial charge in [0.25, 0.3) is 0 Å². The van der Waals surface area contributed by atoms with E-state index in [2.05, 4.69) is 0 Å². The van der Waals surface area contributed by atoms with E-state index in [1.165, 1.54) is 0 Å². The number of hydrogen-bond donors (Lipinski definition) is 1. The second-order valence-corrected chi connectivity index (χ2v) is 3.42. The lowest BCUT2D eigenvalue weighted by molar-refractivity contribution is -0.145. The molecule has 0 radical (unpaired) electrons. The van der Waals surface area contributed by atoms with Gasteiger partial charge in [0, 0.05) is 6.42 Å². The Labute approximate surface area is 94.6 Å². The molecule has 4 nitrogen and oxygen atoms in total. The fourth-order valence-corrected chi connectivity index (χ4v) is 1.15. The molecule has 16 heavy (non-hydrogen) atoms. The molecule has 0 aliphatic rings. The molecule has 1 aromatic rings. The quantitative estimate of drug-likeness (QED) is 0.757. The average molecular weight is 218 g/mol. The molecule has 0 aliphatic carbocycles. The molecule has 0 fully saturated rings. The van der Waals surface area contributed by atoms with E-state index in [1.54, 1.807) is 0 Å². The number of hydrogen-bond acceptors (Lipinski definition) is 4. The summed E-state index contributed by atoms with van der Waals surface area (Å²) >= 11 is 0. The van der Waals surface area contributed by atoms with Gasteiger partial charge in [-0.25, -0.2) is 0 Å². The Morgan fingerprint density at radius 1 is 1.44 bits per heavy atom. The molecule has 4 heteroatoms. The van der Waals surface area contributed by atoms with E-state index in [4.69, 9.17) is 15.7 Å². The van der Waals surface area contributed by atoms with Crippen LogP contribution in [-0.2, 0) is 16.1 Å². The van der Waals surface area contributed by atoms with E-state index in [0.717, 1.165) is 5.56 Å². The summed E-state index contributed by atoms with van der Waals surface area (Å²) in [4.78, 5) is 11.2. The lowest BCUT2D eigenvalue weighted by Gasteiger charge is -2.05. The number of rotatable bonds is 5. The van der Waals surface area contributed by atoms with Crippen LogP contribution in [0, 0.1) is 11.3 Å². The van der Waals surface area contributed by atoms with Crippen LogP contribution in [-0.4, -0.2) is 12.0 Å². The van der Waals surface area contributed by atoms with Crippen molar-refractivity contribution in [1.82, 2.24) is 0 Å². The van der Waals surface area contributed by atoms with E-state index in [0.29, 0.717) is 6.42 Å². The van der Waals surface area contributed by atoms with Crippen molar-refractivity contribution >= 4 is 5.97 Å². The van der Waals surface area contributed by atoms with Gasteiger partial charge in [-0.15, -0.1) is 0 Å². The van der Waals surface area contributed by atoms with Gasteiger partial charge in [0.2, 0.25) is 0 Å². The molecule has 0 bridgehead atoms. The van der Waals surface area contributed by atoms with Crippen LogP contribution in [0.2, 0.25) is 0 Å². The molecule has 0 saturated carbocycles. The first-order valence-electron chi connectivity index (χ1n) is 5.07. The minimum Gasteiger partial charge on any atom is -0.461 e. The van der Waals surface area contributed by atoms with Crippen molar-refractivity contribution in [3.8, 4) is 6.07 Å². The SMILES string of the molecule is N#CC(N)CCC(=O)OCc1ccccc1. The first kappa shape index (κ1) is 12.2. The molecule has 0 spiro atoms. The highest BCUT2D eigenvalue weighted by Crippen LogP contribution is 2.03. The Morgan fingerprint density at radius 3 is 2.75 bits per heavy atom. The summed E-state index contributed by atoms with van der Waals surface area (Å²) in [6, 6.07) is 10.7. The van der Waals surface area contributed by atoms with E-state index >= 15 is 0 Å². The molecule has 84 valence electrons. The zero-order valence-corrected chi connectivity index (χ0v) is 8.93. The van der Waals surface area contributed by atoms with E-state index in [9.17, 15) is 4.79 Å². The number of carbonyl (C=O) groups is 1. The third-order valence-corrected chi connectivity index (χ3v) is 2.07. The standard InChI is InChI=1S/C12H14N2O2/c13-8-11(14)6-7-12(15)16-9-10-4-2-1-3-5-10/h1-5,11H,6-7,9,14H2. The third kappa shape index (κ3) is 4.58. The lowest BCUT2D eigenvalue weighted by Crippen LogP contribution is -2.19. The maximum atomic E-state index is 11.2. The van der Waals surface area contributed by atoms with Crippen LogP contribution in [0.3, 0.4) is 0 Å². The van der Waals surface area contributed by atoms with Crippen LogP contribution in [0.15, 0.2) is 30.3 Å². The summed E-state index contributed by atoms with van der Waals surface area (Å²) < 4.78 is 5.02. The van der Waals surface area contributed by atoms with Crippen molar-refractivity contribution < 1.29 is 9.53 Å². The lowest BCUT2D eigenvalue weighted by atomic mass is 10.2. The maximum Gasteiger partial charge on any atom is 0.306 e. The number of benzene rings is 1. The number of nitriles is 1. The number of nitrogens with zero attached hydrogens (tertiary/aromatic N) is 1. The summed E-state index contributed by atoms with van der Waals surface area (Å²) in [7, 11) is 0. The van der Waals surface area contributed by atoms with Crippen molar-refractivity contribution in [2.75, 3.05) is 0 Å². The number of esters is 1. The van der Waals surface area contributed by atoms with Crippen molar-refractivity contribution in [3.63, 3.8) is 0 Å². The Kier molecular flexibility index (Phi) is 5.03.